The van der Waals surface area contributed by atoms with E-state index in [2.05, 4.69) is 0 Å². The van der Waals surface area contributed by atoms with E-state index in [0.717, 1.165) is 44.5 Å². The average Bonchev–Trinajstić information content (AvgIpc) is 3.28. The van der Waals surface area contributed by atoms with E-state index >= 15 is 17.6 Å². The van der Waals surface area contributed by atoms with Crippen molar-refractivity contribution in [3.05, 3.63) is 217 Å². The lowest BCUT2D eigenvalue weighted by Crippen LogP contribution is -2.13. The van der Waals surface area contributed by atoms with Gasteiger partial charge in [0, 0.05) is 56.8 Å². The summed E-state index contributed by atoms with van der Waals surface area (Å²) in [6.45, 7) is 0. The zero-order valence-corrected chi connectivity index (χ0v) is 31.5. The van der Waals surface area contributed by atoms with Crippen LogP contribution in [0.1, 0.15) is 0 Å². The number of benzene rings is 10. The number of hydrogen-bond acceptors (Lipinski definition) is 2. The van der Waals surface area contributed by atoms with Crippen molar-refractivity contribution in [2.24, 2.45) is 0 Å². The molecule has 0 fully saturated rings. The average molecular weight is 797 g/mol. The highest BCUT2D eigenvalue weighted by Crippen LogP contribution is 2.48. The molecule has 10 rings (SSSR count). The van der Waals surface area contributed by atoms with Gasteiger partial charge in [0.2, 0.25) is 0 Å². The molecule has 0 saturated heterocycles. The predicted octanol–water partition coefficient (Wildman–Crippen LogP) is 15.7. The van der Waals surface area contributed by atoms with Gasteiger partial charge in [-0.25, -0.2) is 26.3 Å². The Labute approximate surface area is 340 Å². The summed E-state index contributed by atoms with van der Waals surface area (Å²) in [6, 6.07) is 50.0. The fraction of sp³-hybridized carbons (Fsp3) is 0. The van der Waals surface area contributed by atoms with Gasteiger partial charge in [-0.2, -0.15) is 0 Å². The maximum atomic E-state index is 15.7. The zero-order chi connectivity index (χ0) is 41.1. The van der Waals surface area contributed by atoms with Gasteiger partial charge in [-0.05, 0) is 105 Å². The van der Waals surface area contributed by atoms with Gasteiger partial charge in [0.1, 0.15) is 11.6 Å². The summed E-state index contributed by atoms with van der Waals surface area (Å²) in [7, 11) is 0. The minimum absolute atomic E-state index is 0.0635. The molecule has 0 saturated carbocycles. The lowest BCUT2D eigenvalue weighted by molar-refractivity contribution is 0.511. The van der Waals surface area contributed by atoms with Crippen molar-refractivity contribution >= 4 is 66.4 Å². The van der Waals surface area contributed by atoms with Crippen molar-refractivity contribution in [3.8, 4) is 22.3 Å². The van der Waals surface area contributed by atoms with Crippen LogP contribution in [0.5, 0.6) is 0 Å². The molecule has 10 aromatic carbocycles. The van der Waals surface area contributed by atoms with Gasteiger partial charge < -0.3 is 9.80 Å². The van der Waals surface area contributed by atoms with Crippen LogP contribution in [0.15, 0.2) is 182 Å². The van der Waals surface area contributed by atoms with Crippen LogP contribution in [0.3, 0.4) is 0 Å². The second-order valence-electron chi connectivity index (χ2n) is 14.5. The quantitative estimate of drug-likeness (QED) is 0.112. The molecule has 0 aliphatic rings. The molecule has 0 aromatic heterocycles. The molecule has 0 unspecified atom stereocenters. The van der Waals surface area contributed by atoms with Crippen molar-refractivity contribution in [1.82, 2.24) is 0 Å². The van der Waals surface area contributed by atoms with Crippen LogP contribution in [-0.2, 0) is 0 Å². The van der Waals surface area contributed by atoms with Crippen LogP contribution in [-0.4, -0.2) is 0 Å². The largest absolute Gasteiger partial charge is 0.310 e. The molecule has 0 atom stereocenters. The Morgan fingerprint density at radius 2 is 0.683 bits per heavy atom. The van der Waals surface area contributed by atoms with E-state index < -0.39 is 34.9 Å². The molecule has 10 aromatic rings. The first-order chi connectivity index (χ1) is 29.2. The second-order valence-corrected chi connectivity index (χ2v) is 14.5. The van der Waals surface area contributed by atoms with Crippen molar-refractivity contribution in [1.29, 1.82) is 0 Å². The summed E-state index contributed by atoms with van der Waals surface area (Å²) in [5, 5.41) is 4.96. The highest BCUT2D eigenvalue weighted by Gasteiger charge is 2.25. The fourth-order valence-electron chi connectivity index (χ4n) is 8.26. The topological polar surface area (TPSA) is 6.48 Å². The summed E-state index contributed by atoms with van der Waals surface area (Å²) < 4.78 is 91.2. The highest BCUT2D eigenvalue weighted by molar-refractivity contribution is 6.28. The number of nitrogens with zero attached hydrogens (tertiary/aromatic N) is 2. The first kappa shape index (κ1) is 36.7. The van der Waals surface area contributed by atoms with E-state index in [-0.39, 0.29) is 11.1 Å². The molecule has 290 valence electrons. The Bertz CT molecular complexity index is 2990. The number of halogens is 6. The molecule has 0 radical (unpaired) electrons. The van der Waals surface area contributed by atoms with Crippen LogP contribution in [0.25, 0.3) is 54.6 Å². The van der Waals surface area contributed by atoms with E-state index in [0.29, 0.717) is 45.3 Å². The lowest BCUT2D eigenvalue weighted by atomic mass is 9.91. The normalized spacial score (nSPS) is 11.5. The summed E-state index contributed by atoms with van der Waals surface area (Å²) in [5.41, 5.74) is 3.96. The van der Waals surface area contributed by atoms with Crippen LogP contribution in [0.4, 0.5) is 60.5 Å². The lowest BCUT2D eigenvalue weighted by Gasteiger charge is -2.30. The van der Waals surface area contributed by atoms with Crippen molar-refractivity contribution in [2.75, 3.05) is 9.80 Å². The Morgan fingerprint density at radius 1 is 0.317 bits per heavy atom. The van der Waals surface area contributed by atoms with Gasteiger partial charge in [-0.3, -0.25) is 0 Å². The Balaban J connectivity index is 1.22. The minimum atomic E-state index is -1.05. The fourth-order valence-corrected chi connectivity index (χ4v) is 8.26. The van der Waals surface area contributed by atoms with Gasteiger partial charge >= 0.3 is 0 Å². The molecule has 0 heterocycles. The molecule has 0 aliphatic carbocycles. The monoisotopic (exact) mass is 796 g/mol. The molecular weight excluding hydrogens is 767 g/mol. The van der Waals surface area contributed by atoms with Crippen LogP contribution in [0, 0.1) is 34.9 Å². The molecule has 2 nitrogen and oxygen atoms in total. The van der Waals surface area contributed by atoms with Gasteiger partial charge in [-0.15, -0.1) is 0 Å². The van der Waals surface area contributed by atoms with E-state index in [1.54, 1.807) is 107 Å². The third-order valence-electron chi connectivity index (χ3n) is 11.0. The van der Waals surface area contributed by atoms with Gasteiger partial charge in [0.25, 0.3) is 0 Å². The van der Waals surface area contributed by atoms with E-state index in [1.807, 2.05) is 48.5 Å². The summed E-state index contributed by atoms with van der Waals surface area (Å²) >= 11 is 0. The molecule has 60 heavy (non-hydrogen) atoms. The van der Waals surface area contributed by atoms with Gasteiger partial charge in [0.15, 0.2) is 23.3 Å². The third kappa shape index (κ3) is 6.25. The summed E-state index contributed by atoms with van der Waals surface area (Å²) in [4.78, 5) is 3.55. The SMILES string of the molecule is Fc1ccc(N(c2cc(F)c(F)c(-c3ccccc3)c2)c2ccc3ccc4c(N(c5ccc(F)cc5)c5cc(F)c(F)c(-c6ccccc6)c5)ccc5ccc2c3c54)cc1. The maximum absolute atomic E-state index is 15.7. The molecule has 0 bridgehead atoms. The first-order valence-electron chi connectivity index (χ1n) is 19.1. The third-order valence-corrected chi connectivity index (χ3v) is 11.0. The van der Waals surface area contributed by atoms with E-state index in [1.165, 1.54) is 24.3 Å². The van der Waals surface area contributed by atoms with Gasteiger partial charge in [0.05, 0.1) is 11.4 Å². The number of anilines is 6. The van der Waals surface area contributed by atoms with Crippen molar-refractivity contribution in [3.63, 3.8) is 0 Å². The molecule has 0 aliphatic heterocycles. The predicted molar refractivity (Wildman–Crippen MR) is 230 cm³/mol. The van der Waals surface area contributed by atoms with Crippen LogP contribution < -0.4 is 9.80 Å². The Hall–Kier alpha value is -7.58. The molecule has 0 spiro atoms. The Kier molecular flexibility index (Phi) is 8.98. The van der Waals surface area contributed by atoms with Crippen LogP contribution >= 0.6 is 0 Å². The molecule has 8 heteroatoms. The first-order valence-corrected chi connectivity index (χ1v) is 19.1. The van der Waals surface area contributed by atoms with Gasteiger partial charge in [-0.1, -0.05) is 97.1 Å². The zero-order valence-electron chi connectivity index (χ0n) is 31.5. The number of rotatable bonds is 8. The summed E-state index contributed by atoms with van der Waals surface area (Å²) in [6.07, 6.45) is 0. The molecule has 0 amide bonds. The van der Waals surface area contributed by atoms with Crippen molar-refractivity contribution in [2.45, 2.75) is 0 Å². The molecular formula is C52H30F6N2. The van der Waals surface area contributed by atoms with Crippen molar-refractivity contribution < 1.29 is 26.3 Å². The minimum Gasteiger partial charge on any atom is -0.310 e. The van der Waals surface area contributed by atoms with Crippen LogP contribution in [0.2, 0.25) is 0 Å². The highest BCUT2D eigenvalue weighted by atomic mass is 19.2. The second kappa shape index (κ2) is 14.7. The standard InChI is InChI=1S/C52H30F6N2/c53-35-15-19-37(20-16-35)59(39-27-43(51(57)45(55)29-39)31-7-3-1-4-8-31)47-25-13-33-12-24-42-48(26-14-34-11-23-41(47)49(33)50(34)42)60(38-21-17-36(54)18-22-38)40-28-44(52(58)46(56)30-40)32-9-5-2-6-10-32/h1-30H. The summed E-state index contributed by atoms with van der Waals surface area (Å²) in [5.74, 6) is -4.99. The smallest absolute Gasteiger partial charge is 0.166 e. The molecule has 0 N–H and O–H groups in total. The maximum Gasteiger partial charge on any atom is 0.166 e. The van der Waals surface area contributed by atoms with E-state index in [9.17, 15) is 8.78 Å². The number of hydrogen-bond donors (Lipinski definition) is 0. The Morgan fingerprint density at radius 3 is 1.07 bits per heavy atom. The van der Waals surface area contributed by atoms with E-state index in [4.69, 9.17) is 0 Å².